The lowest BCUT2D eigenvalue weighted by atomic mass is 10.1. The lowest BCUT2D eigenvalue weighted by Crippen LogP contribution is -2.40. The third-order valence-corrected chi connectivity index (χ3v) is 9.39. The van der Waals surface area contributed by atoms with Gasteiger partial charge < -0.3 is 65.1 Å². The predicted octanol–water partition coefficient (Wildman–Crippen LogP) is -3.95. The number of phosphoric ester groups is 2. The van der Waals surface area contributed by atoms with Gasteiger partial charge in [-0.1, -0.05) is 6.08 Å². The number of ether oxygens (including phenoxy) is 2. The van der Waals surface area contributed by atoms with Crippen LogP contribution in [0.3, 0.4) is 0 Å². The van der Waals surface area contributed by atoms with Crippen molar-refractivity contribution >= 4 is 38.5 Å². The van der Waals surface area contributed by atoms with Crippen LogP contribution >= 0.6 is 15.6 Å². The van der Waals surface area contributed by atoms with E-state index in [1.54, 1.807) is 6.08 Å². The van der Waals surface area contributed by atoms with Gasteiger partial charge >= 0.3 is 0 Å². The number of primary amides is 1. The Morgan fingerprint density at radius 1 is 0.977 bits per heavy atom. The van der Waals surface area contributed by atoms with Crippen LogP contribution in [0, 0.1) is 0 Å². The van der Waals surface area contributed by atoms with E-state index in [0.29, 0.717) is 0 Å². The Morgan fingerprint density at radius 2 is 1.57 bits per heavy atom. The summed E-state index contributed by atoms with van der Waals surface area (Å²) in [5.74, 6) is -0.686. The van der Waals surface area contributed by atoms with Gasteiger partial charge in [-0.05, 0) is 6.42 Å². The van der Waals surface area contributed by atoms with Crippen molar-refractivity contribution in [2.24, 2.45) is 5.73 Å². The molecule has 0 aliphatic carbocycles. The summed E-state index contributed by atoms with van der Waals surface area (Å²) in [4.78, 5) is 49.0. The zero-order valence-corrected chi connectivity index (χ0v) is 24.1. The summed E-state index contributed by atoms with van der Waals surface area (Å²) >= 11 is 0. The third-order valence-electron chi connectivity index (χ3n) is 6.86. The Morgan fingerprint density at radius 3 is 2.18 bits per heavy atom. The number of anilines is 1. The highest BCUT2D eigenvalue weighted by molar-refractivity contribution is 7.59. The Bertz CT molecular complexity index is 1560. The molecule has 3 aliphatic heterocycles. The van der Waals surface area contributed by atoms with E-state index in [1.165, 1.54) is 28.2 Å². The van der Waals surface area contributed by atoms with E-state index >= 15 is 0 Å². The summed E-state index contributed by atoms with van der Waals surface area (Å²) in [5.41, 5.74) is 11.5. The molecule has 2 fully saturated rings. The van der Waals surface area contributed by atoms with Gasteiger partial charge in [0.05, 0.1) is 19.5 Å². The molecule has 0 radical (unpaired) electrons. The monoisotopic (exact) mass is 663 g/mol. The molecule has 21 nitrogen and oxygen atoms in total. The Kier molecular flexibility index (Phi) is 9.23. The fraction of sp³-hybridized carbons (Fsp3) is 0.524. The van der Waals surface area contributed by atoms with E-state index in [2.05, 4.69) is 28.3 Å². The van der Waals surface area contributed by atoms with Gasteiger partial charge in [-0.25, -0.2) is 19.3 Å². The van der Waals surface area contributed by atoms with E-state index in [0.717, 1.165) is 6.33 Å². The number of allylic oxidation sites excluding steroid dienone is 1. The van der Waals surface area contributed by atoms with Crippen molar-refractivity contribution in [1.82, 2.24) is 24.4 Å². The maximum Gasteiger partial charge on any atom is 0.274 e. The molecular formula is C21H27N7O14P2-2. The van der Waals surface area contributed by atoms with Gasteiger partial charge in [0.2, 0.25) is 5.91 Å². The highest BCUT2D eigenvalue weighted by atomic mass is 31.3. The molecule has 44 heavy (non-hydrogen) atoms. The van der Waals surface area contributed by atoms with Crippen molar-refractivity contribution in [2.75, 3.05) is 18.9 Å². The number of hydrogen-bond acceptors (Lipinski definition) is 19. The van der Waals surface area contributed by atoms with E-state index < -0.39 is 83.8 Å². The van der Waals surface area contributed by atoms with Crippen molar-refractivity contribution < 1.29 is 67.0 Å². The molecule has 2 aromatic heterocycles. The van der Waals surface area contributed by atoms with Gasteiger partial charge in [0.25, 0.3) is 15.6 Å². The Hall–Kier alpha value is -2.88. The fourth-order valence-electron chi connectivity index (χ4n) is 4.66. The second-order valence-corrected chi connectivity index (χ2v) is 12.8. The normalized spacial score (nSPS) is 33.3. The lowest BCUT2D eigenvalue weighted by Gasteiger charge is -2.32. The molecule has 242 valence electrons. The number of carbonyl (C=O) groups excluding carboxylic acids is 1. The Labute approximate surface area is 247 Å². The SMILES string of the molecule is NC(=O)C1=CN([C@@H]2O[C@H](COP(=O)([O-])OP(=O)([O-])OC[C@H]3O[C@@H](n4cnc5c(N)ncnc54)[C@H](O)[C@@H]3O)[C@@H](O)[C@H]2O)C=CC1. The minimum Gasteiger partial charge on any atom is -0.756 e. The molecule has 0 aromatic carbocycles. The molecule has 3 aliphatic rings. The van der Waals surface area contributed by atoms with Crippen molar-refractivity contribution in [3.63, 3.8) is 0 Å². The first-order valence-corrected chi connectivity index (χ1v) is 15.6. The molecule has 2 saturated heterocycles. The van der Waals surface area contributed by atoms with Crippen molar-refractivity contribution in [1.29, 1.82) is 0 Å². The molecule has 0 saturated carbocycles. The third kappa shape index (κ3) is 6.70. The number of nitrogens with zero attached hydrogens (tertiary/aromatic N) is 5. The number of amides is 1. The molecule has 5 rings (SSSR count). The molecular weight excluding hydrogens is 636 g/mol. The predicted molar refractivity (Wildman–Crippen MR) is 137 cm³/mol. The number of aliphatic hydroxyl groups excluding tert-OH is 4. The fourth-order valence-corrected chi connectivity index (χ4v) is 6.68. The molecule has 0 spiro atoms. The number of imidazole rings is 1. The smallest absolute Gasteiger partial charge is 0.274 e. The summed E-state index contributed by atoms with van der Waals surface area (Å²) in [6, 6.07) is 0. The zero-order chi connectivity index (χ0) is 32.0. The van der Waals surface area contributed by atoms with Crippen LogP contribution in [0.1, 0.15) is 12.6 Å². The molecule has 23 heteroatoms. The average Bonchev–Trinajstić information content (AvgIpc) is 3.61. The summed E-state index contributed by atoms with van der Waals surface area (Å²) in [7, 11) is -11.4. The van der Waals surface area contributed by atoms with Crippen LogP contribution in [0.25, 0.3) is 11.2 Å². The summed E-state index contributed by atoms with van der Waals surface area (Å²) < 4.78 is 49.9. The molecule has 2 unspecified atom stereocenters. The molecule has 8 N–H and O–H groups in total. The highest BCUT2D eigenvalue weighted by Crippen LogP contribution is 2.56. The number of hydrogen-bond donors (Lipinski definition) is 6. The number of rotatable bonds is 11. The molecule has 10 atom stereocenters. The molecule has 1 amide bonds. The number of aliphatic hydroxyl groups is 4. The summed E-state index contributed by atoms with van der Waals surface area (Å²) in [5, 5.41) is 41.5. The zero-order valence-electron chi connectivity index (χ0n) is 22.3. The number of nitrogens with two attached hydrogens (primary N) is 2. The number of phosphoric acid groups is 2. The van der Waals surface area contributed by atoms with Gasteiger partial charge in [0.15, 0.2) is 23.9 Å². The molecule has 0 bridgehead atoms. The maximum absolute atomic E-state index is 12.3. The number of aromatic nitrogens is 4. The first kappa shape index (κ1) is 32.5. The van der Waals surface area contributed by atoms with Gasteiger partial charge in [-0.3, -0.25) is 18.5 Å². The van der Waals surface area contributed by atoms with Gasteiger partial charge in [-0.15, -0.1) is 0 Å². The van der Waals surface area contributed by atoms with Crippen LogP contribution < -0.4 is 21.3 Å². The second kappa shape index (κ2) is 12.5. The quantitative estimate of drug-likeness (QED) is 0.125. The minimum absolute atomic E-state index is 0.0375. The van der Waals surface area contributed by atoms with E-state index in [9.17, 15) is 44.1 Å². The van der Waals surface area contributed by atoms with Crippen LogP contribution in [0.15, 0.2) is 36.7 Å². The van der Waals surface area contributed by atoms with Crippen molar-refractivity contribution in [3.05, 3.63) is 36.7 Å². The van der Waals surface area contributed by atoms with Crippen LogP contribution in [0.5, 0.6) is 0 Å². The summed E-state index contributed by atoms with van der Waals surface area (Å²) in [6.45, 7) is -1.97. The standard InChI is InChI=1S/C21H29N7O14P2/c22-17-12-19(25-7-24-17)28(8-26-12)21-16(32)14(30)11(41-21)6-39-44(36,37)42-43(34,35)38-5-10-13(29)15(31)20(40-10)27-3-1-2-9(4-27)18(23)33/h1,3-4,7-8,10-11,13-16,20-21,29-32H,2,5-6H2,(H2,23,33)(H,34,35)(H,36,37)(H2,22,24,25)/p-2/t10-,11-,13-,14-,15-,16-,20-,21-/m1/s1. The van der Waals surface area contributed by atoms with Gasteiger partial charge in [0.1, 0.15) is 48.5 Å². The molecule has 2 aromatic rings. The minimum atomic E-state index is -5.68. The summed E-state index contributed by atoms with van der Waals surface area (Å²) in [6.07, 6.45) is -5.32. The lowest BCUT2D eigenvalue weighted by molar-refractivity contribution is -0.246. The van der Waals surface area contributed by atoms with E-state index in [-0.39, 0.29) is 29.0 Å². The van der Waals surface area contributed by atoms with Crippen molar-refractivity contribution in [3.8, 4) is 0 Å². The Balaban J connectivity index is 1.15. The van der Waals surface area contributed by atoms with Crippen LogP contribution in [0.2, 0.25) is 0 Å². The van der Waals surface area contributed by atoms with E-state index in [1.807, 2.05) is 0 Å². The largest absolute Gasteiger partial charge is 0.756 e. The van der Waals surface area contributed by atoms with Crippen LogP contribution in [-0.4, -0.2) is 107 Å². The highest BCUT2D eigenvalue weighted by Gasteiger charge is 2.47. The molecule has 5 heterocycles. The van der Waals surface area contributed by atoms with Crippen molar-refractivity contribution in [2.45, 2.75) is 55.5 Å². The first-order valence-electron chi connectivity index (χ1n) is 12.7. The first-order chi connectivity index (χ1) is 20.7. The second-order valence-electron chi connectivity index (χ2n) is 9.80. The number of nitrogen functional groups attached to an aromatic ring is 1. The van der Waals surface area contributed by atoms with Gasteiger partial charge in [-0.2, -0.15) is 0 Å². The van der Waals surface area contributed by atoms with E-state index in [4.69, 9.17) is 20.9 Å². The van der Waals surface area contributed by atoms with Crippen LogP contribution in [0.4, 0.5) is 5.82 Å². The van der Waals surface area contributed by atoms with Crippen LogP contribution in [-0.2, 0) is 36.8 Å². The van der Waals surface area contributed by atoms with Gasteiger partial charge in [0, 0.05) is 18.0 Å². The average molecular weight is 663 g/mol. The topological polar surface area (TPSA) is 323 Å². The number of carbonyl (C=O) groups is 1. The number of fused-ring (bicyclic) bond motifs is 1. The maximum atomic E-state index is 12.3.